The predicted molar refractivity (Wildman–Crippen MR) is 72.5 cm³/mol. The van der Waals surface area contributed by atoms with Crippen molar-refractivity contribution in [2.45, 2.75) is 37.2 Å². The smallest absolute Gasteiger partial charge is 0.188 e. The number of nitrogens with zero attached hydrogens (tertiary/aromatic N) is 2. The topological polar surface area (TPSA) is 64.9 Å². The molecule has 0 fully saturated rings. The SMILES string of the molecule is Cc1cnc(SC(c2ccc(C)o2)C(C)N)nc1. The van der Waals surface area contributed by atoms with E-state index in [2.05, 4.69) is 9.97 Å². The lowest BCUT2D eigenvalue weighted by Gasteiger charge is -2.16. The van der Waals surface area contributed by atoms with Gasteiger partial charge in [-0.1, -0.05) is 11.8 Å². The van der Waals surface area contributed by atoms with E-state index in [-0.39, 0.29) is 11.3 Å². The van der Waals surface area contributed by atoms with Gasteiger partial charge in [-0.15, -0.1) is 0 Å². The van der Waals surface area contributed by atoms with Crippen molar-refractivity contribution in [1.82, 2.24) is 9.97 Å². The summed E-state index contributed by atoms with van der Waals surface area (Å²) in [6.45, 7) is 5.85. The molecular weight excluding hydrogens is 246 g/mol. The Bertz CT molecular complexity index is 507. The summed E-state index contributed by atoms with van der Waals surface area (Å²) in [7, 11) is 0. The van der Waals surface area contributed by atoms with Gasteiger partial charge in [-0.25, -0.2) is 9.97 Å². The van der Waals surface area contributed by atoms with E-state index in [1.807, 2.05) is 32.9 Å². The van der Waals surface area contributed by atoms with Gasteiger partial charge in [-0.2, -0.15) is 0 Å². The number of nitrogens with two attached hydrogens (primary N) is 1. The molecule has 2 rings (SSSR count). The molecule has 0 amide bonds. The van der Waals surface area contributed by atoms with E-state index in [1.54, 1.807) is 12.4 Å². The molecule has 2 aromatic rings. The molecule has 2 aromatic heterocycles. The van der Waals surface area contributed by atoms with Crippen LogP contribution in [0.25, 0.3) is 0 Å². The summed E-state index contributed by atoms with van der Waals surface area (Å²) in [5, 5.41) is 0.748. The van der Waals surface area contributed by atoms with E-state index in [0.29, 0.717) is 0 Å². The highest BCUT2D eigenvalue weighted by Gasteiger charge is 2.22. The Morgan fingerprint density at radius 2 is 1.89 bits per heavy atom. The third-order valence-electron chi connectivity index (χ3n) is 2.51. The first-order chi connectivity index (χ1) is 8.56. The number of hydrogen-bond acceptors (Lipinski definition) is 5. The molecule has 0 radical (unpaired) electrons. The molecule has 2 atom stereocenters. The average Bonchev–Trinajstić information content (AvgIpc) is 2.74. The minimum absolute atomic E-state index is 0.0291. The summed E-state index contributed by atoms with van der Waals surface area (Å²) < 4.78 is 5.65. The van der Waals surface area contributed by atoms with Crippen LogP contribution in [0.4, 0.5) is 0 Å². The quantitative estimate of drug-likeness (QED) is 0.678. The Kier molecular flexibility index (Phi) is 4.04. The molecule has 2 heterocycles. The molecule has 0 aliphatic heterocycles. The van der Waals surface area contributed by atoms with Crippen LogP contribution in [0, 0.1) is 13.8 Å². The van der Waals surface area contributed by atoms with E-state index < -0.39 is 0 Å². The summed E-state index contributed by atoms with van der Waals surface area (Å²) >= 11 is 1.53. The largest absolute Gasteiger partial charge is 0.465 e. The van der Waals surface area contributed by atoms with Crippen LogP contribution < -0.4 is 5.73 Å². The minimum Gasteiger partial charge on any atom is -0.465 e. The lowest BCUT2D eigenvalue weighted by molar-refractivity contribution is 0.464. The van der Waals surface area contributed by atoms with Gasteiger partial charge in [0, 0.05) is 18.4 Å². The van der Waals surface area contributed by atoms with Crippen molar-refractivity contribution >= 4 is 11.8 Å². The standard InChI is InChI=1S/C13H17N3OS/c1-8-6-15-13(16-7-8)18-12(10(3)14)11-5-4-9(2)17-11/h4-7,10,12H,14H2,1-3H3. The number of rotatable bonds is 4. The highest BCUT2D eigenvalue weighted by molar-refractivity contribution is 7.99. The molecule has 0 saturated carbocycles. The van der Waals surface area contributed by atoms with Gasteiger partial charge in [0.15, 0.2) is 5.16 Å². The summed E-state index contributed by atoms with van der Waals surface area (Å²) in [6.07, 6.45) is 3.61. The van der Waals surface area contributed by atoms with Crippen molar-refractivity contribution in [3.05, 3.63) is 41.6 Å². The first-order valence-electron chi connectivity index (χ1n) is 5.83. The average molecular weight is 263 g/mol. The molecule has 5 heteroatoms. The lowest BCUT2D eigenvalue weighted by Crippen LogP contribution is -2.22. The molecule has 96 valence electrons. The van der Waals surface area contributed by atoms with Gasteiger partial charge in [0.2, 0.25) is 0 Å². The lowest BCUT2D eigenvalue weighted by atomic mass is 10.2. The van der Waals surface area contributed by atoms with E-state index in [4.69, 9.17) is 10.2 Å². The van der Waals surface area contributed by atoms with Crippen LogP contribution in [0.2, 0.25) is 0 Å². The predicted octanol–water partition coefficient (Wildman–Crippen LogP) is 2.87. The number of hydrogen-bond donors (Lipinski definition) is 1. The van der Waals surface area contributed by atoms with Gasteiger partial charge in [-0.05, 0) is 38.5 Å². The van der Waals surface area contributed by atoms with Crippen LogP contribution in [0.5, 0.6) is 0 Å². The van der Waals surface area contributed by atoms with Crippen LogP contribution in [-0.4, -0.2) is 16.0 Å². The van der Waals surface area contributed by atoms with Crippen molar-refractivity contribution in [3.63, 3.8) is 0 Å². The van der Waals surface area contributed by atoms with Crippen LogP contribution in [0.3, 0.4) is 0 Å². The van der Waals surface area contributed by atoms with Crippen LogP contribution in [-0.2, 0) is 0 Å². The molecule has 0 spiro atoms. The molecule has 4 nitrogen and oxygen atoms in total. The fourth-order valence-electron chi connectivity index (χ4n) is 1.59. The summed E-state index contributed by atoms with van der Waals surface area (Å²) in [4.78, 5) is 8.57. The number of aromatic nitrogens is 2. The molecule has 0 saturated heterocycles. The van der Waals surface area contributed by atoms with E-state index in [0.717, 1.165) is 22.2 Å². The Morgan fingerprint density at radius 3 is 2.39 bits per heavy atom. The third-order valence-corrected chi connectivity index (χ3v) is 3.85. The Labute approximate surface area is 111 Å². The molecule has 18 heavy (non-hydrogen) atoms. The molecular formula is C13H17N3OS. The van der Waals surface area contributed by atoms with E-state index in [1.165, 1.54) is 11.8 Å². The molecule has 0 bridgehead atoms. The zero-order valence-electron chi connectivity index (χ0n) is 10.8. The highest BCUT2D eigenvalue weighted by atomic mass is 32.2. The zero-order chi connectivity index (χ0) is 13.1. The van der Waals surface area contributed by atoms with Gasteiger partial charge in [-0.3, -0.25) is 0 Å². The van der Waals surface area contributed by atoms with Crippen molar-refractivity contribution in [3.8, 4) is 0 Å². The molecule has 2 unspecified atom stereocenters. The maximum Gasteiger partial charge on any atom is 0.188 e. The van der Waals surface area contributed by atoms with E-state index >= 15 is 0 Å². The summed E-state index contributed by atoms with van der Waals surface area (Å²) in [5.41, 5.74) is 7.07. The van der Waals surface area contributed by atoms with Gasteiger partial charge in [0.05, 0.1) is 5.25 Å². The fourth-order valence-corrected chi connectivity index (χ4v) is 2.50. The monoisotopic (exact) mass is 263 g/mol. The summed E-state index contributed by atoms with van der Waals surface area (Å²) in [6, 6.07) is 3.87. The van der Waals surface area contributed by atoms with Crippen molar-refractivity contribution in [1.29, 1.82) is 0 Å². The molecule has 0 aliphatic carbocycles. The summed E-state index contributed by atoms with van der Waals surface area (Å²) in [5.74, 6) is 1.76. The molecule has 0 aromatic carbocycles. The van der Waals surface area contributed by atoms with Gasteiger partial charge in [0.1, 0.15) is 11.5 Å². The number of aryl methyl sites for hydroxylation is 2. The highest BCUT2D eigenvalue weighted by Crippen LogP contribution is 2.35. The van der Waals surface area contributed by atoms with Crippen LogP contribution >= 0.6 is 11.8 Å². The zero-order valence-corrected chi connectivity index (χ0v) is 11.6. The second-order valence-corrected chi connectivity index (χ2v) is 5.50. The van der Waals surface area contributed by atoms with E-state index in [9.17, 15) is 0 Å². The van der Waals surface area contributed by atoms with Crippen LogP contribution in [0.15, 0.2) is 34.1 Å². The van der Waals surface area contributed by atoms with Crippen molar-refractivity contribution < 1.29 is 4.42 Å². The van der Waals surface area contributed by atoms with Gasteiger partial charge >= 0.3 is 0 Å². The Balaban J connectivity index is 2.19. The fraction of sp³-hybridized carbons (Fsp3) is 0.385. The third kappa shape index (κ3) is 3.11. The first-order valence-corrected chi connectivity index (χ1v) is 6.71. The maximum absolute atomic E-state index is 6.02. The second kappa shape index (κ2) is 5.54. The van der Waals surface area contributed by atoms with Crippen LogP contribution in [0.1, 0.15) is 29.3 Å². The number of furan rings is 1. The first kappa shape index (κ1) is 13.1. The molecule has 0 aliphatic rings. The number of thioether (sulfide) groups is 1. The van der Waals surface area contributed by atoms with Gasteiger partial charge < -0.3 is 10.2 Å². The minimum atomic E-state index is -0.0366. The normalized spacial score (nSPS) is 14.4. The van der Waals surface area contributed by atoms with Crippen molar-refractivity contribution in [2.75, 3.05) is 0 Å². The Morgan fingerprint density at radius 1 is 1.22 bits per heavy atom. The van der Waals surface area contributed by atoms with Gasteiger partial charge in [0.25, 0.3) is 0 Å². The Hall–Kier alpha value is -1.33. The second-order valence-electron chi connectivity index (χ2n) is 4.39. The maximum atomic E-state index is 6.02. The van der Waals surface area contributed by atoms with Crippen molar-refractivity contribution in [2.24, 2.45) is 5.73 Å². The molecule has 2 N–H and O–H groups in total.